The second-order valence-electron chi connectivity index (χ2n) is 3.70. The zero-order chi connectivity index (χ0) is 12.1. The van der Waals surface area contributed by atoms with Crippen LogP contribution in [0.4, 0.5) is 5.82 Å². The van der Waals surface area contributed by atoms with Gasteiger partial charge in [-0.2, -0.15) is 0 Å². The molecule has 0 unspecified atom stereocenters. The summed E-state index contributed by atoms with van der Waals surface area (Å²) in [5.41, 5.74) is 1.19. The summed E-state index contributed by atoms with van der Waals surface area (Å²) in [6.45, 7) is 0.819. The molecule has 0 bridgehead atoms. The second kappa shape index (κ2) is 5.68. The van der Waals surface area contributed by atoms with Crippen LogP contribution in [0.15, 0.2) is 47.1 Å². The lowest BCUT2D eigenvalue weighted by atomic mass is 10.1. The van der Waals surface area contributed by atoms with E-state index in [4.69, 9.17) is 5.11 Å². The number of benzene rings is 1. The van der Waals surface area contributed by atoms with E-state index in [1.54, 1.807) is 18.3 Å². The van der Waals surface area contributed by atoms with E-state index in [-0.39, 0.29) is 0 Å². The molecule has 0 aliphatic carbocycles. The lowest BCUT2D eigenvalue weighted by Crippen LogP contribution is -2.05. The Morgan fingerprint density at radius 3 is 2.53 bits per heavy atom. The first kappa shape index (κ1) is 11.9. The van der Waals surface area contributed by atoms with Crippen molar-refractivity contribution in [3.63, 3.8) is 0 Å². The Kier molecular flexibility index (Phi) is 3.98. The third-order valence-electron chi connectivity index (χ3n) is 2.38. The van der Waals surface area contributed by atoms with Crippen molar-refractivity contribution in [2.75, 3.05) is 11.9 Å². The fourth-order valence-corrected chi connectivity index (χ4v) is 1.71. The van der Waals surface area contributed by atoms with Gasteiger partial charge in [-0.15, -0.1) is 0 Å². The topological polar surface area (TPSA) is 45.1 Å². The van der Waals surface area contributed by atoms with Crippen LogP contribution in [-0.2, 0) is 6.42 Å². The molecule has 17 heavy (non-hydrogen) atoms. The van der Waals surface area contributed by atoms with E-state index in [9.17, 15) is 0 Å². The predicted octanol–water partition coefficient (Wildman–Crippen LogP) is 3.20. The van der Waals surface area contributed by atoms with E-state index < -0.39 is 0 Å². The van der Waals surface area contributed by atoms with Crippen molar-refractivity contribution in [3.05, 3.63) is 52.6 Å². The third-order valence-corrected chi connectivity index (χ3v) is 2.85. The number of rotatable bonds is 4. The molecule has 0 amide bonds. The van der Waals surface area contributed by atoms with E-state index in [0.717, 1.165) is 23.3 Å². The van der Waals surface area contributed by atoms with Crippen LogP contribution >= 0.6 is 15.9 Å². The Bertz CT molecular complexity index is 422. The molecule has 0 aliphatic heterocycles. The number of aromatic nitrogens is 1. The summed E-state index contributed by atoms with van der Waals surface area (Å²) in [4.78, 5) is 4.23. The van der Waals surface area contributed by atoms with Crippen molar-refractivity contribution in [1.82, 2.24) is 4.98 Å². The van der Waals surface area contributed by atoms with Crippen LogP contribution in [0.3, 0.4) is 0 Å². The number of nitrogens with one attached hydrogen (secondary N) is 1. The first-order chi connectivity index (χ1) is 8.24. The number of phenolic OH excluding ortho intramolecular Hbond substituents is 1. The molecule has 0 radical (unpaired) electrons. The van der Waals surface area contributed by atoms with Crippen molar-refractivity contribution in [3.8, 4) is 5.75 Å². The molecule has 88 valence electrons. The number of anilines is 1. The Hall–Kier alpha value is -1.55. The van der Waals surface area contributed by atoms with Crippen LogP contribution in [-0.4, -0.2) is 16.6 Å². The number of hydrogen-bond donors (Lipinski definition) is 2. The van der Waals surface area contributed by atoms with Gasteiger partial charge in [0.15, 0.2) is 0 Å². The molecular formula is C13H13BrN2O. The van der Waals surface area contributed by atoms with Gasteiger partial charge >= 0.3 is 0 Å². The van der Waals surface area contributed by atoms with E-state index >= 15 is 0 Å². The van der Waals surface area contributed by atoms with Crippen LogP contribution in [0.5, 0.6) is 5.75 Å². The average molecular weight is 293 g/mol. The van der Waals surface area contributed by atoms with Crippen LogP contribution in [0, 0.1) is 0 Å². The molecule has 2 aromatic rings. The van der Waals surface area contributed by atoms with E-state index in [1.807, 2.05) is 24.3 Å². The quantitative estimate of drug-likeness (QED) is 0.910. The summed E-state index contributed by atoms with van der Waals surface area (Å²) in [7, 11) is 0. The van der Waals surface area contributed by atoms with Crippen molar-refractivity contribution >= 4 is 21.7 Å². The number of nitrogens with zero attached hydrogens (tertiary/aromatic N) is 1. The zero-order valence-electron chi connectivity index (χ0n) is 9.23. The molecular weight excluding hydrogens is 280 g/mol. The van der Waals surface area contributed by atoms with Gasteiger partial charge in [0.2, 0.25) is 0 Å². The van der Waals surface area contributed by atoms with E-state index in [2.05, 4.69) is 26.2 Å². The maximum Gasteiger partial charge on any atom is 0.125 e. The van der Waals surface area contributed by atoms with Gasteiger partial charge in [-0.1, -0.05) is 12.1 Å². The molecule has 0 saturated heterocycles. The normalized spacial score (nSPS) is 10.2. The molecule has 0 fully saturated rings. The Balaban J connectivity index is 1.83. The van der Waals surface area contributed by atoms with Crippen LogP contribution in [0.1, 0.15) is 5.56 Å². The largest absolute Gasteiger partial charge is 0.508 e. The van der Waals surface area contributed by atoms with Crippen LogP contribution < -0.4 is 5.32 Å². The number of phenols is 1. The van der Waals surface area contributed by atoms with Gasteiger partial charge in [-0.05, 0) is 52.2 Å². The molecule has 2 rings (SSSR count). The molecule has 1 aromatic heterocycles. The lowest BCUT2D eigenvalue weighted by Gasteiger charge is -2.05. The van der Waals surface area contributed by atoms with Gasteiger partial charge in [-0.25, -0.2) is 4.98 Å². The van der Waals surface area contributed by atoms with Crippen molar-refractivity contribution in [2.24, 2.45) is 0 Å². The molecule has 1 heterocycles. The maximum atomic E-state index is 9.16. The summed E-state index contributed by atoms with van der Waals surface area (Å²) in [5.74, 6) is 1.17. The SMILES string of the molecule is Oc1ccc(CCNc2ccc(Br)cn2)cc1. The van der Waals surface area contributed by atoms with E-state index in [0.29, 0.717) is 5.75 Å². The highest BCUT2D eigenvalue weighted by Crippen LogP contribution is 2.12. The molecule has 0 spiro atoms. The van der Waals surface area contributed by atoms with E-state index in [1.165, 1.54) is 5.56 Å². The smallest absolute Gasteiger partial charge is 0.125 e. The summed E-state index contributed by atoms with van der Waals surface area (Å²) in [6, 6.07) is 11.1. The Labute approximate surface area is 109 Å². The number of halogens is 1. The second-order valence-corrected chi connectivity index (χ2v) is 4.62. The first-order valence-electron chi connectivity index (χ1n) is 5.37. The molecule has 4 heteroatoms. The monoisotopic (exact) mass is 292 g/mol. The van der Waals surface area contributed by atoms with Crippen molar-refractivity contribution in [1.29, 1.82) is 0 Å². The zero-order valence-corrected chi connectivity index (χ0v) is 10.8. The van der Waals surface area contributed by atoms with Crippen molar-refractivity contribution in [2.45, 2.75) is 6.42 Å². The fraction of sp³-hybridized carbons (Fsp3) is 0.154. The average Bonchev–Trinajstić information content (AvgIpc) is 2.34. The predicted molar refractivity (Wildman–Crippen MR) is 72.2 cm³/mol. The number of aromatic hydroxyl groups is 1. The number of hydrogen-bond acceptors (Lipinski definition) is 3. The molecule has 0 atom stereocenters. The summed E-state index contributed by atoms with van der Waals surface area (Å²) >= 11 is 3.34. The summed E-state index contributed by atoms with van der Waals surface area (Å²) in [6.07, 6.45) is 2.67. The first-order valence-corrected chi connectivity index (χ1v) is 6.17. The lowest BCUT2D eigenvalue weighted by molar-refractivity contribution is 0.475. The third kappa shape index (κ3) is 3.75. The Morgan fingerprint density at radius 2 is 1.88 bits per heavy atom. The van der Waals surface area contributed by atoms with Gasteiger partial charge in [0.05, 0.1) is 0 Å². The molecule has 0 aliphatic rings. The highest BCUT2D eigenvalue weighted by atomic mass is 79.9. The fourth-order valence-electron chi connectivity index (χ4n) is 1.48. The molecule has 2 N–H and O–H groups in total. The molecule has 1 aromatic carbocycles. The molecule has 3 nitrogen and oxygen atoms in total. The van der Waals surface area contributed by atoms with Gasteiger partial charge < -0.3 is 10.4 Å². The van der Waals surface area contributed by atoms with Crippen LogP contribution in [0.2, 0.25) is 0 Å². The molecule has 0 saturated carbocycles. The standard InChI is InChI=1S/C13H13BrN2O/c14-11-3-6-13(16-9-11)15-8-7-10-1-4-12(17)5-2-10/h1-6,9,17H,7-8H2,(H,15,16). The minimum Gasteiger partial charge on any atom is -0.508 e. The van der Waals surface area contributed by atoms with Gasteiger partial charge in [-0.3, -0.25) is 0 Å². The summed E-state index contributed by atoms with van der Waals surface area (Å²) < 4.78 is 0.974. The summed E-state index contributed by atoms with van der Waals surface area (Å²) in [5, 5.41) is 12.4. The number of pyridine rings is 1. The van der Waals surface area contributed by atoms with Crippen molar-refractivity contribution < 1.29 is 5.11 Å². The highest BCUT2D eigenvalue weighted by Gasteiger charge is 1.95. The Morgan fingerprint density at radius 1 is 1.12 bits per heavy atom. The minimum atomic E-state index is 0.302. The van der Waals surface area contributed by atoms with Gasteiger partial charge in [0, 0.05) is 17.2 Å². The van der Waals surface area contributed by atoms with Gasteiger partial charge in [0.1, 0.15) is 11.6 Å². The van der Waals surface area contributed by atoms with Crippen LogP contribution in [0.25, 0.3) is 0 Å². The highest BCUT2D eigenvalue weighted by molar-refractivity contribution is 9.10. The maximum absolute atomic E-state index is 9.16. The van der Waals surface area contributed by atoms with Gasteiger partial charge in [0.25, 0.3) is 0 Å². The minimum absolute atomic E-state index is 0.302.